The van der Waals surface area contributed by atoms with E-state index in [2.05, 4.69) is 19.9 Å². The number of anilines is 1. The zero-order valence-corrected chi connectivity index (χ0v) is 15.0. The summed E-state index contributed by atoms with van der Waals surface area (Å²) in [6, 6.07) is 7.91. The second-order valence-corrected chi connectivity index (χ2v) is 8.49. The van der Waals surface area contributed by atoms with Crippen molar-refractivity contribution in [3.8, 4) is 0 Å². The standard InChI is InChI=1S/C20H23NO2S/c1-12(2)13-3-6-15(7-4-13)21-19(22)16-8-5-14-9-10-24-11-17(14)18(16)20(21)23/h3-7,12,16-18H,8-11H2,1-2H3. The number of imide groups is 1. The molecule has 0 radical (unpaired) electrons. The van der Waals surface area contributed by atoms with E-state index in [4.69, 9.17) is 0 Å². The molecule has 3 atom stereocenters. The van der Waals surface area contributed by atoms with Crippen molar-refractivity contribution < 1.29 is 9.59 Å². The van der Waals surface area contributed by atoms with Crippen LogP contribution < -0.4 is 4.90 Å². The summed E-state index contributed by atoms with van der Waals surface area (Å²) in [7, 11) is 0. The van der Waals surface area contributed by atoms with Gasteiger partial charge in [0.1, 0.15) is 0 Å². The molecule has 0 bridgehead atoms. The molecule has 24 heavy (non-hydrogen) atoms. The molecule has 3 unspecified atom stereocenters. The van der Waals surface area contributed by atoms with Crippen molar-refractivity contribution in [3.05, 3.63) is 41.5 Å². The van der Waals surface area contributed by atoms with E-state index in [-0.39, 0.29) is 29.6 Å². The van der Waals surface area contributed by atoms with Gasteiger partial charge in [-0.15, -0.1) is 0 Å². The molecule has 2 saturated heterocycles. The van der Waals surface area contributed by atoms with E-state index in [9.17, 15) is 9.59 Å². The molecule has 2 amide bonds. The first-order valence-electron chi connectivity index (χ1n) is 8.82. The highest BCUT2D eigenvalue weighted by Gasteiger charge is 2.53. The lowest BCUT2D eigenvalue weighted by atomic mass is 9.73. The Hall–Kier alpha value is -1.55. The van der Waals surface area contributed by atoms with Gasteiger partial charge in [-0.05, 0) is 42.2 Å². The molecule has 3 aliphatic rings. The van der Waals surface area contributed by atoms with Gasteiger partial charge in [-0.25, -0.2) is 0 Å². The lowest BCUT2D eigenvalue weighted by molar-refractivity contribution is -0.122. The van der Waals surface area contributed by atoms with Crippen LogP contribution in [0.5, 0.6) is 0 Å². The van der Waals surface area contributed by atoms with Crippen LogP contribution in [0.25, 0.3) is 0 Å². The van der Waals surface area contributed by atoms with Crippen LogP contribution in [0.4, 0.5) is 5.69 Å². The number of amides is 2. The predicted octanol–water partition coefficient (Wildman–Crippen LogP) is 4.00. The third-order valence-electron chi connectivity index (χ3n) is 5.67. The number of benzene rings is 1. The predicted molar refractivity (Wildman–Crippen MR) is 98.1 cm³/mol. The van der Waals surface area contributed by atoms with Crippen LogP contribution in [-0.2, 0) is 9.59 Å². The normalized spacial score (nSPS) is 29.5. The number of carbonyl (C=O) groups excluding carboxylic acids is 2. The smallest absolute Gasteiger partial charge is 0.238 e. The van der Waals surface area contributed by atoms with E-state index in [1.807, 2.05) is 36.0 Å². The van der Waals surface area contributed by atoms with Gasteiger partial charge in [-0.2, -0.15) is 11.8 Å². The Morgan fingerprint density at radius 2 is 1.83 bits per heavy atom. The Kier molecular flexibility index (Phi) is 4.03. The maximum absolute atomic E-state index is 13.1. The number of fused-ring (bicyclic) bond motifs is 3. The topological polar surface area (TPSA) is 37.4 Å². The Bertz CT molecular complexity index is 707. The van der Waals surface area contributed by atoms with E-state index >= 15 is 0 Å². The molecule has 2 heterocycles. The number of hydrogen-bond donors (Lipinski definition) is 0. The number of rotatable bonds is 2. The highest BCUT2D eigenvalue weighted by atomic mass is 32.2. The summed E-state index contributed by atoms with van der Waals surface area (Å²) >= 11 is 1.91. The molecule has 0 N–H and O–H groups in total. The largest absolute Gasteiger partial charge is 0.274 e. The van der Waals surface area contributed by atoms with Crippen LogP contribution in [0.1, 0.15) is 38.2 Å². The summed E-state index contributed by atoms with van der Waals surface area (Å²) in [5.74, 6) is 2.53. The summed E-state index contributed by atoms with van der Waals surface area (Å²) < 4.78 is 0. The van der Waals surface area contributed by atoms with Crippen molar-refractivity contribution in [1.82, 2.24) is 0 Å². The van der Waals surface area contributed by atoms with Gasteiger partial charge in [-0.3, -0.25) is 14.5 Å². The second kappa shape index (κ2) is 6.07. The van der Waals surface area contributed by atoms with Crippen LogP contribution in [0.15, 0.2) is 35.9 Å². The molecule has 2 aliphatic heterocycles. The Labute approximate surface area is 147 Å². The number of carbonyl (C=O) groups is 2. The fraction of sp³-hybridized carbons (Fsp3) is 0.500. The lowest BCUT2D eigenvalue weighted by Gasteiger charge is -2.34. The van der Waals surface area contributed by atoms with Gasteiger partial charge < -0.3 is 0 Å². The molecule has 0 aromatic heterocycles. The number of allylic oxidation sites excluding steroid dienone is 2. The molecule has 0 saturated carbocycles. The van der Waals surface area contributed by atoms with Gasteiger partial charge in [0.2, 0.25) is 11.8 Å². The minimum absolute atomic E-state index is 0.00632. The van der Waals surface area contributed by atoms with E-state index in [0.29, 0.717) is 5.92 Å². The van der Waals surface area contributed by atoms with E-state index < -0.39 is 0 Å². The first-order valence-corrected chi connectivity index (χ1v) is 9.98. The molecular weight excluding hydrogens is 318 g/mol. The minimum Gasteiger partial charge on any atom is -0.274 e. The summed E-state index contributed by atoms with van der Waals surface area (Å²) in [5, 5.41) is 0. The number of nitrogens with zero attached hydrogens (tertiary/aromatic N) is 1. The molecule has 3 nitrogen and oxygen atoms in total. The molecule has 1 aromatic rings. The number of thioether (sulfide) groups is 1. The number of hydrogen-bond acceptors (Lipinski definition) is 3. The Morgan fingerprint density at radius 3 is 2.54 bits per heavy atom. The first kappa shape index (κ1) is 15.9. The van der Waals surface area contributed by atoms with E-state index in [0.717, 1.165) is 30.0 Å². The maximum Gasteiger partial charge on any atom is 0.238 e. The maximum atomic E-state index is 13.1. The summed E-state index contributed by atoms with van der Waals surface area (Å²) in [4.78, 5) is 27.5. The summed E-state index contributed by atoms with van der Waals surface area (Å²) in [5.41, 5.74) is 3.37. The van der Waals surface area contributed by atoms with Crippen molar-refractivity contribution in [2.45, 2.75) is 32.6 Å². The molecule has 126 valence electrons. The van der Waals surface area contributed by atoms with Crippen molar-refractivity contribution in [3.63, 3.8) is 0 Å². The lowest BCUT2D eigenvalue weighted by Crippen LogP contribution is -2.35. The van der Waals surface area contributed by atoms with Crippen molar-refractivity contribution in [1.29, 1.82) is 0 Å². The fourth-order valence-corrected chi connectivity index (χ4v) is 5.49. The van der Waals surface area contributed by atoms with Crippen LogP contribution in [0.3, 0.4) is 0 Å². The van der Waals surface area contributed by atoms with Gasteiger partial charge in [0.15, 0.2) is 0 Å². The van der Waals surface area contributed by atoms with Crippen molar-refractivity contribution >= 4 is 29.3 Å². The average molecular weight is 341 g/mol. The molecular formula is C20H23NO2S. The van der Waals surface area contributed by atoms with E-state index in [1.165, 1.54) is 16.0 Å². The zero-order valence-electron chi connectivity index (χ0n) is 14.2. The summed E-state index contributed by atoms with van der Waals surface area (Å²) in [6.45, 7) is 4.29. The fourth-order valence-electron chi connectivity index (χ4n) is 4.27. The minimum atomic E-state index is -0.158. The Balaban J connectivity index is 1.65. The molecule has 1 aliphatic carbocycles. The molecule has 0 spiro atoms. The second-order valence-electron chi connectivity index (χ2n) is 7.34. The molecule has 2 fully saturated rings. The monoisotopic (exact) mass is 341 g/mol. The average Bonchev–Trinajstić information content (AvgIpc) is 2.86. The summed E-state index contributed by atoms with van der Waals surface area (Å²) in [6.07, 6.45) is 4.04. The van der Waals surface area contributed by atoms with E-state index in [1.54, 1.807) is 0 Å². The highest BCUT2D eigenvalue weighted by molar-refractivity contribution is 7.99. The SMILES string of the molecule is CC(C)c1ccc(N2C(=O)C3CC=C4CCSCC4C3C2=O)cc1. The van der Waals surface area contributed by atoms with Gasteiger partial charge in [-0.1, -0.05) is 37.6 Å². The van der Waals surface area contributed by atoms with Gasteiger partial charge in [0.05, 0.1) is 17.5 Å². The molecule has 1 aromatic carbocycles. The van der Waals surface area contributed by atoms with Crippen LogP contribution in [0.2, 0.25) is 0 Å². The van der Waals surface area contributed by atoms with Crippen LogP contribution in [-0.4, -0.2) is 23.3 Å². The highest BCUT2D eigenvalue weighted by Crippen LogP contribution is 2.47. The third kappa shape index (κ3) is 2.43. The van der Waals surface area contributed by atoms with Gasteiger partial charge in [0.25, 0.3) is 0 Å². The third-order valence-corrected chi connectivity index (χ3v) is 6.76. The quantitative estimate of drug-likeness (QED) is 0.603. The Morgan fingerprint density at radius 1 is 1.08 bits per heavy atom. The molecule has 4 rings (SSSR count). The van der Waals surface area contributed by atoms with Crippen molar-refractivity contribution in [2.75, 3.05) is 16.4 Å². The van der Waals surface area contributed by atoms with Crippen LogP contribution >= 0.6 is 11.8 Å². The van der Waals surface area contributed by atoms with Gasteiger partial charge in [0, 0.05) is 11.7 Å². The van der Waals surface area contributed by atoms with Gasteiger partial charge >= 0.3 is 0 Å². The van der Waals surface area contributed by atoms with Crippen molar-refractivity contribution in [2.24, 2.45) is 17.8 Å². The zero-order chi connectivity index (χ0) is 16.8. The first-order chi connectivity index (χ1) is 11.6. The molecule has 4 heteroatoms. The van der Waals surface area contributed by atoms with Crippen LogP contribution in [0, 0.1) is 17.8 Å².